The lowest BCUT2D eigenvalue weighted by Gasteiger charge is -2.21. The summed E-state index contributed by atoms with van der Waals surface area (Å²) in [6.45, 7) is 3.75. The fourth-order valence-electron chi connectivity index (χ4n) is 4.07. The number of amides is 1. The van der Waals surface area contributed by atoms with Gasteiger partial charge in [-0.1, -0.05) is 19.1 Å². The second-order valence-electron chi connectivity index (χ2n) is 7.76. The lowest BCUT2D eigenvalue weighted by molar-refractivity contribution is -0.132. The van der Waals surface area contributed by atoms with E-state index in [0.29, 0.717) is 11.7 Å². The lowest BCUT2D eigenvalue weighted by Crippen LogP contribution is -2.32. The van der Waals surface area contributed by atoms with E-state index in [9.17, 15) is 14.9 Å². The number of fused-ring (bicyclic) bond motifs is 1. The molecule has 2 aliphatic heterocycles. The SMILES string of the molecule is C[C@H]1CCCN(C(=O)CCC(=O)C(C#N)=C2N(C)c3ccccc3N2C)CC1. The number of carbonyl (C=O) groups excluding carboxylic acids is 2. The number of para-hydroxylation sites is 2. The van der Waals surface area contributed by atoms with Gasteiger partial charge in [0.1, 0.15) is 17.5 Å². The zero-order valence-electron chi connectivity index (χ0n) is 16.9. The Morgan fingerprint density at radius 3 is 2.32 bits per heavy atom. The van der Waals surface area contributed by atoms with E-state index in [0.717, 1.165) is 43.7 Å². The van der Waals surface area contributed by atoms with Gasteiger partial charge in [-0.05, 0) is 37.3 Å². The second kappa shape index (κ2) is 8.47. The third-order valence-electron chi connectivity index (χ3n) is 5.79. The van der Waals surface area contributed by atoms with Gasteiger partial charge in [-0.2, -0.15) is 5.26 Å². The zero-order valence-corrected chi connectivity index (χ0v) is 16.9. The normalized spacial score (nSPS) is 19.1. The molecule has 1 fully saturated rings. The van der Waals surface area contributed by atoms with Crippen LogP contribution in [0.3, 0.4) is 0 Å². The van der Waals surface area contributed by atoms with E-state index in [4.69, 9.17) is 0 Å². The van der Waals surface area contributed by atoms with Crippen molar-refractivity contribution in [2.24, 2.45) is 5.92 Å². The smallest absolute Gasteiger partial charge is 0.223 e. The fraction of sp³-hybridized carbons (Fsp3) is 0.500. The molecule has 1 aromatic carbocycles. The van der Waals surface area contributed by atoms with Gasteiger partial charge in [0.05, 0.1) is 11.4 Å². The van der Waals surface area contributed by atoms with Crippen LogP contribution in [0.1, 0.15) is 39.0 Å². The quantitative estimate of drug-likeness (QED) is 0.592. The van der Waals surface area contributed by atoms with Crippen molar-refractivity contribution >= 4 is 23.1 Å². The minimum absolute atomic E-state index is 0.0150. The summed E-state index contributed by atoms with van der Waals surface area (Å²) in [7, 11) is 3.71. The van der Waals surface area contributed by atoms with Gasteiger partial charge < -0.3 is 14.7 Å². The van der Waals surface area contributed by atoms with Gasteiger partial charge in [-0.3, -0.25) is 9.59 Å². The highest BCUT2D eigenvalue weighted by molar-refractivity contribution is 6.03. The molecule has 6 nitrogen and oxygen atoms in total. The van der Waals surface area contributed by atoms with E-state index in [1.54, 1.807) is 0 Å². The van der Waals surface area contributed by atoms with Crippen LogP contribution in [0.5, 0.6) is 0 Å². The predicted octanol–water partition coefficient (Wildman–Crippen LogP) is 3.31. The maximum atomic E-state index is 12.8. The Bertz CT molecular complexity index is 808. The van der Waals surface area contributed by atoms with Crippen LogP contribution >= 0.6 is 0 Å². The molecule has 1 aromatic rings. The molecule has 0 unspecified atom stereocenters. The number of Topliss-reactive ketones (excluding diaryl/α,β-unsaturated/α-hetero) is 1. The molecule has 2 aliphatic rings. The Balaban J connectivity index is 1.70. The first-order valence-corrected chi connectivity index (χ1v) is 9.96. The van der Waals surface area contributed by atoms with E-state index in [2.05, 4.69) is 13.0 Å². The molecule has 0 bridgehead atoms. The van der Waals surface area contributed by atoms with Crippen molar-refractivity contribution < 1.29 is 9.59 Å². The van der Waals surface area contributed by atoms with Gasteiger partial charge in [-0.25, -0.2) is 0 Å². The minimum Gasteiger partial charge on any atom is -0.343 e. The first kappa shape index (κ1) is 19.9. The summed E-state index contributed by atoms with van der Waals surface area (Å²) >= 11 is 0. The number of anilines is 2. The van der Waals surface area contributed by atoms with Crippen molar-refractivity contribution in [2.45, 2.75) is 39.0 Å². The minimum atomic E-state index is -0.277. The molecule has 0 aromatic heterocycles. The number of ketones is 1. The third kappa shape index (κ3) is 3.89. The van der Waals surface area contributed by atoms with Crippen LogP contribution in [0.25, 0.3) is 0 Å². The number of hydrogen-bond acceptors (Lipinski definition) is 5. The molecule has 3 rings (SSSR count). The fourth-order valence-corrected chi connectivity index (χ4v) is 4.07. The van der Waals surface area contributed by atoms with Crippen LogP contribution < -0.4 is 9.80 Å². The van der Waals surface area contributed by atoms with Crippen LogP contribution in [0.4, 0.5) is 11.4 Å². The molecule has 6 heteroatoms. The monoisotopic (exact) mass is 380 g/mol. The van der Waals surface area contributed by atoms with Crippen molar-refractivity contribution in [3.05, 3.63) is 35.7 Å². The van der Waals surface area contributed by atoms with Gasteiger partial charge in [0, 0.05) is 40.0 Å². The number of hydrogen-bond donors (Lipinski definition) is 0. The van der Waals surface area contributed by atoms with Crippen molar-refractivity contribution in [1.29, 1.82) is 5.26 Å². The van der Waals surface area contributed by atoms with Crippen molar-refractivity contribution in [2.75, 3.05) is 37.0 Å². The highest BCUT2D eigenvalue weighted by atomic mass is 16.2. The Labute approximate surface area is 167 Å². The molecule has 0 saturated carbocycles. The zero-order chi connectivity index (χ0) is 20.3. The van der Waals surface area contributed by atoms with E-state index < -0.39 is 0 Å². The molecule has 0 aliphatic carbocycles. The van der Waals surface area contributed by atoms with Crippen LogP contribution in [0, 0.1) is 17.2 Å². The van der Waals surface area contributed by atoms with Crippen molar-refractivity contribution in [3.63, 3.8) is 0 Å². The summed E-state index contributed by atoms with van der Waals surface area (Å²) in [5, 5.41) is 9.67. The standard InChI is InChI=1S/C22H28N4O2/c1-16-7-6-13-26(14-12-16)21(28)11-10-20(27)17(15-23)22-24(2)18-8-4-5-9-19(18)25(22)3/h4-5,8-9,16H,6-7,10-14H2,1-3H3/t16-/m0/s1. The highest BCUT2D eigenvalue weighted by Crippen LogP contribution is 2.40. The molecule has 0 spiro atoms. The summed E-state index contributed by atoms with van der Waals surface area (Å²) in [4.78, 5) is 31.0. The summed E-state index contributed by atoms with van der Waals surface area (Å²) < 4.78 is 0. The van der Waals surface area contributed by atoms with Crippen LogP contribution in [-0.4, -0.2) is 43.8 Å². The number of nitriles is 1. The number of nitrogens with zero attached hydrogens (tertiary/aromatic N) is 4. The van der Waals surface area contributed by atoms with E-state index in [1.807, 2.05) is 53.1 Å². The lowest BCUT2D eigenvalue weighted by atomic mass is 10.0. The number of benzene rings is 1. The van der Waals surface area contributed by atoms with Crippen LogP contribution in [0.2, 0.25) is 0 Å². The maximum absolute atomic E-state index is 12.8. The number of allylic oxidation sites excluding steroid dienone is 1. The van der Waals surface area contributed by atoms with Gasteiger partial charge >= 0.3 is 0 Å². The Kier molecular flexibility index (Phi) is 6.03. The largest absolute Gasteiger partial charge is 0.343 e. The predicted molar refractivity (Wildman–Crippen MR) is 110 cm³/mol. The second-order valence-corrected chi connectivity index (χ2v) is 7.76. The van der Waals surface area contributed by atoms with Crippen LogP contribution in [-0.2, 0) is 9.59 Å². The summed E-state index contributed by atoms with van der Waals surface area (Å²) in [5.74, 6) is 0.955. The molecule has 148 valence electrons. The molecular weight excluding hydrogens is 352 g/mol. The summed E-state index contributed by atoms with van der Waals surface area (Å²) in [5.41, 5.74) is 2.02. The van der Waals surface area contributed by atoms with E-state index >= 15 is 0 Å². The van der Waals surface area contributed by atoms with E-state index in [1.165, 1.54) is 0 Å². The molecule has 0 N–H and O–H groups in total. The average Bonchev–Trinajstić information content (AvgIpc) is 2.84. The maximum Gasteiger partial charge on any atom is 0.223 e. The van der Waals surface area contributed by atoms with Gasteiger partial charge in [0.2, 0.25) is 5.91 Å². The number of likely N-dealkylation sites (tertiary alicyclic amines) is 1. The molecule has 0 radical (unpaired) electrons. The summed E-state index contributed by atoms with van der Waals surface area (Å²) in [6, 6.07) is 9.86. The molecule has 1 amide bonds. The van der Waals surface area contributed by atoms with Gasteiger partial charge in [0.15, 0.2) is 5.78 Å². The van der Waals surface area contributed by atoms with Crippen molar-refractivity contribution in [3.8, 4) is 6.07 Å². The van der Waals surface area contributed by atoms with Gasteiger partial charge in [-0.15, -0.1) is 0 Å². The highest BCUT2D eigenvalue weighted by Gasteiger charge is 2.31. The molecule has 2 heterocycles. The molecule has 1 saturated heterocycles. The molecule has 1 atom stereocenters. The van der Waals surface area contributed by atoms with Crippen LogP contribution in [0.15, 0.2) is 35.7 Å². The topological polar surface area (TPSA) is 67.6 Å². The molecule has 28 heavy (non-hydrogen) atoms. The number of rotatable bonds is 4. The average molecular weight is 380 g/mol. The van der Waals surface area contributed by atoms with Gasteiger partial charge in [0.25, 0.3) is 0 Å². The Morgan fingerprint density at radius 1 is 1.07 bits per heavy atom. The summed E-state index contributed by atoms with van der Waals surface area (Å²) in [6.07, 6.45) is 3.40. The molecular formula is C22H28N4O2. The van der Waals surface area contributed by atoms with Crippen molar-refractivity contribution in [1.82, 2.24) is 4.90 Å². The third-order valence-corrected chi connectivity index (χ3v) is 5.79. The Hall–Kier alpha value is -2.81. The Morgan fingerprint density at radius 2 is 1.71 bits per heavy atom. The first-order valence-electron chi connectivity index (χ1n) is 9.96. The first-order chi connectivity index (χ1) is 13.4. The van der Waals surface area contributed by atoms with E-state index in [-0.39, 0.29) is 30.1 Å². The number of carbonyl (C=O) groups is 2.